The lowest BCUT2D eigenvalue weighted by molar-refractivity contribution is -0.0393. The van der Waals surface area contributed by atoms with Crippen molar-refractivity contribution in [2.45, 2.75) is 37.5 Å². The van der Waals surface area contributed by atoms with E-state index < -0.39 is 0 Å². The van der Waals surface area contributed by atoms with Crippen molar-refractivity contribution in [2.24, 2.45) is 23.7 Å². The molecule has 56 heavy (non-hydrogen) atoms. The highest BCUT2D eigenvalue weighted by Gasteiger charge is 2.62. The van der Waals surface area contributed by atoms with Gasteiger partial charge in [0, 0.05) is 5.41 Å². The predicted octanol–water partition coefficient (Wildman–Crippen LogP) is 15.0. The largest absolute Gasteiger partial charge is 0.0616 e. The lowest BCUT2D eigenvalue weighted by Crippen LogP contribution is -2.55. The van der Waals surface area contributed by atoms with E-state index in [0.29, 0.717) is 11.8 Å². The molecule has 9 aromatic carbocycles. The second-order valence-electron chi connectivity index (χ2n) is 17.6. The fourth-order valence-electron chi connectivity index (χ4n) is 13.3. The van der Waals surface area contributed by atoms with Crippen molar-refractivity contribution in [3.05, 3.63) is 181 Å². The molecule has 14 rings (SSSR count). The SMILES string of the molecule is c1cc(-c2c3ccccc3c(-c3ccc(-c4cccc5ccccc45)cc3)c3ccccc23)c2c(c1)C1(c3c-2ccc2ccccc32)C2CC3CC(C2)CC1C3. The highest BCUT2D eigenvalue weighted by Crippen LogP contribution is 2.71. The summed E-state index contributed by atoms with van der Waals surface area (Å²) in [4.78, 5) is 0. The zero-order chi connectivity index (χ0) is 36.5. The third kappa shape index (κ3) is 4.09. The maximum absolute atomic E-state index is 2.56. The van der Waals surface area contributed by atoms with Crippen molar-refractivity contribution in [1.82, 2.24) is 0 Å². The molecule has 0 N–H and O–H groups in total. The average Bonchev–Trinajstić information content (AvgIpc) is 3.56. The summed E-state index contributed by atoms with van der Waals surface area (Å²) in [7, 11) is 0. The van der Waals surface area contributed by atoms with Gasteiger partial charge in [0.15, 0.2) is 0 Å². The molecule has 266 valence electrons. The summed E-state index contributed by atoms with van der Waals surface area (Å²) >= 11 is 0. The van der Waals surface area contributed by atoms with Gasteiger partial charge in [-0.3, -0.25) is 0 Å². The molecule has 5 aliphatic rings. The Hall–Kier alpha value is -5.98. The van der Waals surface area contributed by atoms with Crippen LogP contribution in [0.15, 0.2) is 170 Å². The molecule has 5 aliphatic carbocycles. The van der Waals surface area contributed by atoms with Gasteiger partial charge in [0.05, 0.1) is 0 Å². The lowest BCUT2D eigenvalue weighted by Gasteiger charge is -2.61. The highest BCUT2D eigenvalue weighted by molar-refractivity contribution is 6.23. The van der Waals surface area contributed by atoms with Gasteiger partial charge in [-0.25, -0.2) is 0 Å². The van der Waals surface area contributed by atoms with Gasteiger partial charge in [0.25, 0.3) is 0 Å². The molecule has 0 aliphatic heterocycles. The van der Waals surface area contributed by atoms with Gasteiger partial charge >= 0.3 is 0 Å². The first-order chi connectivity index (χ1) is 27.8. The summed E-state index contributed by atoms with van der Waals surface area (Å²) in [6.45, 7) is 0. The van der Waals surface area contributed by atoms with Gasteiger partial charge in [0.1, 0.15) is 0 Å². The van der Waals surface area contributed by atoms with E-state index in [1.807, 2.05) is 0 Å². The molecule has 0 heterocycles. The molecule has 0 radical (unpaired) electrons. The normalized spacial score (nSPS) is 23.1. The van der Waals surface area contributed by atoms with Crippen LogP contribution in [-0.4, -0.2) is 0 Å². The van der Waals surface area contributed by atoms with Gasteiger partial charge in [-0.15, -0.1) is 0 Å². The van der Waals surface area contributed by atoms with Crippen LogP contribution in [0.2, 0.25) is 0 Å². The van der Waals surface area contributed by atoms with Crippen LogP contribution in [0.3, 0.4) is 0 Å². The van der Waals surface area contributed by atoms with Crippen LogP contribution < -0.4 is 0 Å². The van der Waals surface area contributed by atoms with E-state index in [2.05, 4.69) is 170 Å². The number of hydrogen-bond donors (Lipinski definition) is 0. The molecule has 0 aromatic heterocycles. The minimum Gasteiger partial charge on any atom is -0.0616 e. The fourth-order valence-corrected chi connectivity index (χ4v) is 13.3. The minimum absolute atomic E-state index is 0.0896. The second-order valence-corrected chi connectivity index (χ2v) is 17.6. The van der Waals surface area contributed by atoms with Crippen molar-refractivity contribution in [2.75, 3.05) is 0 Å². The van der Waals surface area contributed by atoms with Gasteiger partial charge in [-0.05, 0) is 155 Å². The Kier molecular flexibility index (Phi) is 6.43. The van der Waals surface area contributed by atoms with Crippen molar-refractivity contribution < 1.29 is 0 Å². The molecule has 0 saturated heterocycles. The predicted molar refractivity (Wildman–Crippen MR) is 236 cm³/mol. The lowest BCUT2D eigenvalue weighted by atomic mass is 9.43. The molecule has 4 fully saturated rings. The molecule has 1 spiro atoms. The van der Waals surface area contributed by atoms with Crippen molar-refractivity contribution in [1.29, 1.82) is 0 Å². The van der Waals surface area contributed by atoms with Crippen LogP contribution in [0.1, 0.15) is 43.2 Å². The van der Waals surface area contributed by atoms with Crippen molar-refractivity contribution in [3.63, 3.8) is 0 Å². The van der Waals surface area contributed by atoms with E-state index in [1.165, 1.54) is 120 Å². The van der Waals surface area contributed by atoms with Gasteiger partial charge < -0.3 is 0 Å². The van der Waals surface area contributed by atoms with Crippen LogP contribution in [0.25, 0.3) is 87.6 Å². The van der Waals surface area contributed by atoms with Crippen molar-refractivity contribution in [3.8, 4) is 44.5 Å². The highest BCUT2D eigenvalue weighted by atomic mass is 14.6. The standard InChI is InChI=1S/C56H42/c1-3-14-42-36(11-1)13-9-20-43(42)38-23-25-39(26-24-38)52-45-16-5-7-18-47(45)53(48-19-8-6-17-46(48)52)49-21-10-22-51-54(49)50-28-27-37-12-2-4-15-44(37)55(50)56(51)40-30-34-29-35(32-40)33-41(56)31-34/h1-28,34-35,40-41H,29-33H2. The number of hydrogen-bond acceptors (Lipinski definition) is 0. The summed E-state index contributed by atoms with van der Waals surface area (Å²) in [6, 6.07) is 64.8. The van der Waals surface area contributed by atoms with Crippen molar-refractivity contribution >= 4 is 43.1 Å². The van der Waals surface area contributed by atoms with Crippen LogP contribution in [0.5, 0.6) is 0 Å². The molecule has 0 amide bonds. The van der Waals surface area contributed by atoms with Gasteiger partial charge in [-0.1, -0.05) is 170 Å². The Morgan fingerprint density at radius 1 is 0.321 bits per heavy atom. The smallest absolute Gasteiger partial charge is 0.0278 e. The molecule has 4 bridgehead atoms. The topological polar surface area (TPSA) is 0 Å². The van der Waals surface area contributed by atoms with E-state index >= 15 is 0 Å². The average molecular weight is 715 g/mol. The van der Waals surface area contributed by atoms with Crippen LogP contribution in [0.4, 0.5) is 0 Å². The molecule has 0 nitrogen and oxygen atoms in total. The molecule has 0 atom stereocenters. The van der Waals surface area contributed by atoms with E-state index in [1.54, 1.807) is 11.1 Å². The van der Waals surface area contributed by atoms with Gasteiger partial charge in [0.2, 0.25) is 0 Å². The Morgan fingerprint density at radius 3 is 1.48 bits per heavy atom. The van der Waals surface area contributed by atoms with Crippen LogP contribution >= 0.6 is 0 Å². The fraction of sp³-hybridized carbons (Fsp3) is 0.179. The first kappa shape index (κ1) is 31.2. The first-order valence-electron chi connectivity index (χ1n) is 20.9. The maximum Gasteiger partial charge on any atom is 0.0278 e. The molecule has 0 heteroatoms. The quantitative estimate of drug-likeness (QED) is 0.160. The Labute approximate surface area is 328 Å². The second kappa shape index (κ2) is 11.5. The number of rotatable bonds is 3. The van der Waals surface area contributed by atoms with E-state index in [0.717, 1.165) is 11.8 Å². The van der Waals surface area contributed by atoms with Crippen LogP contribution in [-0.2, 0) is 5.41 Å². The number of benzene rings is 9. The summed E-state index contributed by atoms with van der Waals surface area (Å²) < 4.78 is 0. The monoisotopic (exact) mass is 714 g/mol. The zero-order valence-electron chi connectivity index (χ0n) is 31.5. The zero-order valence-corrected chi connectivity index (χ0v) is 31.5. The Balaban J connectivity index is 1.07. The van der Waals surface area contributed by atoms with E-state index in [-0.39, 0.29) is 5.41 Å². The Bertz CT molecular complexity index is 3000. The first-order valence-corrected chi connectivity index (χ1v) is 20.9. The minimum atomic E-state index is 0.0896. The van der Waals surface area contributed by atoms with E-state index in [9.17, 15) is 0 Å². The molecule has 9 aromatic rings. The third-order valence-electron chi connectivity index (χ3n) is 15.0. The van der Waals surface area contributed by atoms with Crippen LogP contribution in [0, 0.1) is 23.7 Å². The summed E-state index contributed by atoms with van der Waals surface area (Å²) in [5, 5.41) is 10.7. The van der Waals surface area contributed by atoms with Gasteiger partial charge in [-0.2, -0.15) is 0 Å². The maximum atomic E-state index is 2.56. The number of fused-ring (bicyclic) bond motifs is 8. The summed E-state index contributed by atoms with van der Waals surface area (Å²) in [5.41, 5.74) is 14.2. The van der Waals surface area contributed by atoms with E-state index in [4.69, 9.17) is 0 Å². The third-order valence-corrected chi connectivity index (χ3v) is 15.0. The Morgan fingerprint density at radius 2 is 0.821 bits per heavy atom. The summed E-state index contributed by atoms with van der Waals surface area (Å²) in [6.07, 6.45) is 7.02. The molecular formula is C56H42. The molecular weight excluding hydrogens is 673 g/mol. The summed E-state index contributed by atoms with van der Waals surface area (Å²) in [5.74, 6) is 3.26. The molecule has 4 saturated carbocycles. The molecule has 0 unspecified atom stereocenters.